The van der Waals surface area contributed by atoms with E-state index >= 15 is 0 Å². The Hall–Kier alpha value is -2.06. The minimum atomic E-state index is -0.225. The van der Waals surface area contributed by atoms with E-state index in [1.54, 1.807) is 22.2 Å². The summed E-state index contributed by atoms with van der Waals surface area (Å²) in [5.74, 6) is 0.658. The summed E-state index contributed by atoms with van der Waals surface area (Å²) in [6.45, 7) is 9.90. The van der Waals surface area contributed by atoms with Gasteiger partial charge in [-0.15, -0.1) is 16.4 Å². The minimum Gasteiger partial charge on any atom is -0.348 e. The van der Waals surface area contributed by atoms with Crippen LogP contribution in [0.4, 0.5) is 0 Å². The van der Waals surface area contributed by atoms with E-state index in [0.717, 1.165) is 48.3 Å². The number of hydrogen-bond acceptors (Lipinski definition) is 6. The smallest absolute Gasteiger partial charge is 0.291 e. The molecule has 0 saturated carbocycles. The maximum Gasteiger partial charge on any atom is 0.291 e. The number of hydrogen-bond donors (Lipinski definition) is 1. The number of amides is 1. The third-order valence-electron chi connectivity index (χ3n) is 5.44. The Bertz CT molecular complexity index is 974. The van der Waals surface area contributed by atoms with Crippen LogP contribution in [0, 0.1) is 5.92 Å². The molecule has 1 aliphatic rings. The number of nitrogens with one attached hydrogen (secondary N) is 1. The number of nitrogens with zero attached hydrogens (tertiary/aromatic N) is 5. The predicted octanol–water partition coefficient (Wildman–Crippen LogP) is 2.54. The lowest BCUT2D eigenvalue weighted by Gasteiger charge is -2.17. The molecule has 1 atom stereocenters. The lowest BCUT2D eigenvalue weighted by atomic mass is 9.89. The first-order valence-electron chi connectivity index (χ1n) is 9.76. The molecule has 3 aromatic heterocycles. The second-order valence-electron chi connectivity index (χ2n) is 7.26. The fraction of sp³-hybridized carbons (Fsp3) is 0.579. The van der Waals surface area contributed by atoms with E-state index in [2.05, 4.69) is 46.1 Å². The molecule has 7 nitrogen and oxygen atoms in total. The summed E-state index contributed by atoms with van der Waals surface area (Å²) >= 11 is 1.76. The summed E-state index contributed by atoms with van der Waals surface area (Å²) in [6.07, 6.45) is 5.05. The Balaban J connectivity index is 1.61. The number of rotatable bonds is 6. The van der Waals surface area contributed by atoms with Gasteiger partial charge >= 0.3 is 0 Å². The van der Waals surface area contributed by atoms with Gasteiger partial charge in [0.1, 0.15) is 11.2 Å². The molecular weight excluding hydrogens is 360 g/mol. The van der Waals surface area contributed by atoms with Crippen molar-refractivity contribution in [2.24, 2.45) is 5.92 Å². The molecule has 0 bridgehead atoms. The van der Waals surface area contributed by atoms with E-state index in [1.807, 2.05) is 0 Å². The molecule has 1 amide bonds. The molecule has 4 rings (SSSR count). The highest BCUT2D eigenvalue weighted by Crippen LogP contribution is 2.38. The van der Waals surface area contributed by atoms with Crippen LogP contribution in [0.15, 0.2) is 6.33 Å². The lowest BCUT2D eigenvalue weighted by Crippen LogP contribution is -2.35. The third kappa shape index (κ3) is 3.43. The van der Waals surface area contributed by atoms with E-state index in [0.29, 0.717) is 12.5 Å². The molecule has 0 fully saturated rings. The first-order valence-corrected chi connectivity index (χ1v) is 10.6. The summed E-state index contributed by atoms with van der Waals surface area (Å²) < 4.78 is 1.65. The fourth-order valence-corrected chi connectivity index (χ4v) is 4.97. The Morgan fingerprint density at radius 1 is 1.41 bits per heavy atom. The van der Waals surface area contributed by atoms with Gasteiger partial charge in [-0.2, -0.15) is 0 Å². The summed E-state index contributed by atoms with van der Waals surface area (Å²) in [7, 11) is 0. The highest BCUT2D eigenvalue weighted by molar-refractivity contribution is 7.19. The standard InChI is InChI=1S/C19H26N6OS/c1-4-24(5-2)9-8-20-18(26)16-22-17-15-13-10-12(3)6-7-14(13)27-19(15)21-11-25(17)23-16/h11-12H,4-10H2,1-3H3,(H,20,26)/t12-/m1/s1. The number of likely N-dealkylation sites (N-methyl/N-ethyl adjacent to an activating group) is 1. The highest BCUT2D eigenvalue weighted by atomic mass is 32.1. The molecule has 1 aliphatic carbocycles. The van der Waals surface area contributed by atoms with Gasteiger partial charge in [0.2, 0.25) is 5.82 Å². The van der Waals surface area contributed by atoms with Gasteiger partial charge in [0.15, 0.2) is 5.65 Å². The summed E-state index contributed by atoms with van der Waals surface area (Å²) in [5, 5.41) is 8.39. The van der Waals surface area contributed by atoms with Gasteiger partial charge in [-0.3, -0.25) is 4.79 Å². The van der Waals surface area contributed by atoms with Gasteiger partial charge in [-0.1, -0.05) is 20.8 Å². The molecule has 3 heterocycles. The van der Waals surface area contributed by atoms with Crippen LogP contribution in [0.3, 0.4) is 0 Å². The fourth-order valence-electron chi connectivity index (χ4n) is 3.79. The van der Waals surface area contributed by atoms with E-state index in [4.69, 9.17) is 0 Å². The van der Waals surface area contributed by atoms with Crippen molar-refractivity contribution in [1.29, 1.82) is 0 Å². The lowest BCUT2D eigenvalue weighted by molar-refractivity contribution is 0.0939. The van der Waals surface area contributed by atoms with Crippen molar-refractivity contribution in [2.45, 2.75) is 40.0 Å². The zero-order valence-corrected chi connectivity index (χ0v) is 17.0. The van der Waals surface area contributed by atoms with E-state index in [9.17, 15) is 4.79 Å². The maximum atomic E-state index is 12.5. The molecule has 144 valence electrons. The van der Waals surface area contributed by atoms with Gasteiger partial charge in [-0.25, -0.2) is 14.5 Å². The first kappa shape index (κ1) is 18.3. The zero-order chi connectivity index (χ0) is 19.0. The van der Waals surface area contributed by atoms with Crippen molar-refractivity contribution < 1.29 is 4.79 Å². The molecule has 0 aromatic carbocycles. The average molecular weight is 387 g/mol. The molecular formula is C19H26N6OS. The number of thiophene rings is 1. The molecule has 0 radical (unpaired) electrons. The molecule has 8 heteroatoms. The monoisotopic (exact) mass is 386 g/mol. The molecule has 0 aliphatic heterocycles. The SMILES string of the molecule is CCN(CC)CCNC(=O)c1nc2c3c4c(sc3ncn2n1)CC[C@@H](C)C4. The van der Waals surface area contributed by atoms with Crippen LogP contribution in [0.25, 0.3) is 15.9 Å². The second-order valence-corrected chi connectivity index (χ2v) is 8.35. The van der Waals surface area contributed by atoms with Gasteiger partial charge in [0, 0.05) is 18.0 Å². The Morgan fingerprint density at radius 3 is 3.00 bits per heavy atom. The quantitative estimate of drug-likeness (QED) is 0.705. The third-order valence-corrected chi connectivity index (χ3v) is 6.64. The number of carbonyl (C=O) groups is 1. The van der Waals surface area contributed by atoms with Gasteiger partial charge in [-0.05, 0) is 43.8 Å². The summed E-state index contributed by atoms with van der Waals surface area (Å²) in [4.78, 5) is 26.3. The van der Waals surface area contributed by atoms with Crippen LogP contribution >= 0.6 is 11.3 Å². The zero-order valence-electron chi connectivity index (χ0n) is 16.2. The second kappa shape index (κ2) is 7.52. The number of aromatic nitrogens is 4. The summed E-state index contributed by atoms with van der Waals surface area (Å²) in [6, 6.07) is 0. The van der Waals surface area contributed by atoms with Gasteiger partial charge < -0.3 is 10.2 Å². The van der Waals surface area contributed by atoms with Crippen molar-refractivity contribution in [1.82, 2.24) is 29.8 Å². The van der Waals surface area contributed by atoms with Crippen LogP contribution < -0.4 is 5.32 Å². The minimum absolute atomic E-state index is 0.215. The Labute approximate surface area is 162 Å². The van der Waals surface area contributed by atoms with Crippen LogP contribution in [-0.2, 0) is 12.8 Å². The van der Waals surface area contributed by atoms with Crippen LogP contribution in [-0.4, -0.2) is 56.6 Å². The number of carbonyl (C=O) groups excluding carboxylic acids is 1. The summed E-state index contributed by atoms with van der Waals surface area (Å²) in [5.41, 5.74) is 2.10. The highest BCUT2D eigenvalue weighted by Gasteiger charge is 2.24. The van der Waals surface area contributed by atoms with Gasteiger partial charge in [0.25, 0.3) is 5.91 Å². The maximum absolute atomic E-state index is 12.5. The van der Waals surface area contributed by atoms with Crippen molar-refractivity contribution in [2.75, 3.05) is 26.2 Å². The van der Waals surface area contributed by atoms with Crippen LogP contribution in [0.5, 0.6) is 0 Å². The Morgan fingerprint density at radius 2 is 2.22 bits per heavy atom. The molecule has 0 unspecified atom stereocenters. The van der Waals surface area contributed by atoms with Crippen molar-refractivity contribution >= 4 is 33.1 Å². The molecule has 0 spiro atoms. The van der Waals surface area contributed by atoms with E-state index < -0.39 is 0 Å². The van der Waals surface area contributed by atoms with E-state index in [1.165, 1.54) is 16.9 Å². The average Bonchev–Trinajstić information content (AvgIpc) is 3.25. The van der Waals surface area contributed by atoms with Gasteiger partial charge in [0.05, 0.1) is 5.39 Å². The van der Waals surface area contributed by atoms with Crippen LogP contribution in [0.2, 0.25) is 0 Å². The number of aryl methyl sites for hydroxylation is 1. The van der Waals surface area contributed by atoms with Crippen LogP contribution in [0.1, 0.15) is 48.3 Å². The predicted molar refractivity (Wildman–Crippen MR) is 107 cm³/mol. The van der Waals surface area contributed by atoms with Crippen molar-refractivity contribution in [3.8, 4) is 0 Å². The number of fused-ring (bicyclic) bond motifs is 5. The topological polar surface area (TPSA) is 75.4 Å². The van der Waals surface area contributed by atoms with Crippen molar-refractivity contribution in [3.63, 3.8) is 0 Å². The van der Waals surface area contributed by atoms with E-state index in [-0.39, 0.29) is 11.7 Å². The molecule has 0 saturated heterocycles. The molecule has 1 N–H and O–H groups in total. The largest absolute Gasteiger partial charge is 0.348 e. The Kier molecular flexibility index (Phi) is 5.10. The first-order chi connectivity index (χ1) is 13.1. The molecule has 27 heavy (non-hydrogen) atoms. The normalized spacial score (nSPS) is 17.0. The van der Waals surface area contributed by atoms with Crippen molar-refractivity contribution in [3.05, 3.63) is 22.6 Å². The molecule has 3 aromatic rings.